The first-order valence-corrected chi connectivity index (χ1v) is 7.93. The largest absolute Gasteiger partial charge is 0.388 e. The van der Waals surface area contributed by atoms with Gasteiger partial charge in [0.05, 0.1) is 17.2 Å². The summed E-state index contributed by atoms with van der Waals surface area (Å²) in [6.07, 6.45) is 2.33. The van der Waals surface area contributed by atoms with Gasteiger partial charge in [-0.1, -0.05) is 0 Å². The molecule has 0 radical (unpaired) electrons. The highest BCUT2D eigenvalue weighted by molar-refractivity contribution is 5.98. The number of aliphatic hydroxyl groups is 1. The van der Waals surface area contributed by atoms with E-state index in [9.17, 15) is 19.1 Å². The molecule has 1 fully saturated rings. The summed E-state index contributed by atoms with van der Waals surface area (Å²) in [6.45, 7) is 3.85. The SMILES string of the molecule is CC(C)(O)[C@H]1CCCN1C(=O)c1cc2c(cc1F)NC(=O)CC2. The quantitative estimate of drug-likeness (QED) is 0.876. The fourth-order valence-electron chi connectivity index (χ4n) is 3.47. The zero-order valence-corrected chi connectivity index (χ0v) is 13.4. The second-order valence-corrected chi connectivity index (χ2v) is 6.85. The van der Waals surface area contributed by atoms with Crippen LogP contribution in [0.25, 0.3) is 0 Å². The number of rotatable bonds is 2. The van der Waals surface area contributed by atoms with Crippen LogP contribution in [0.2, 0.25) is 0 Å². The van der Waals surface area contributed by atoms with Crippen molar-refractivity contribution in [2.75, 3.05) is 11.9 Å². The molecule has 0 bridgehead atoms. The Morgan fingerprint density at radius 2 is 2.13 bits per heavy atom. The average molecular weight is 320 g/mol. The first kappa shape index (κ1) is 15.9. The lowest BCUT2D eigenvalue weighted by molar-refractivity contribution is -0.116. The van der Waals surface area contributed by atoms with Crippen LogP contribution in [0.5, 0.6) is 0 Å². The molecule has 2 amide bonds. The molecule has 0 unspecified atom stereocenters. The van der Waals surface area contributed by atoms with Crippen molar-refractivity contribution in [3.05, 3.63) is 29.1 Å². The number of fused-ring (bicyclic) bond motifs is 1. The van der Waals surface area contributed by atoms with Crippen LogP contribution in [-0.4, -0.2) is 40.0 Å². The molecular weight excluding hydrogens is 299 g/mol. The summed E-state index contributed by atoms with van der Waals surface area (Å²) in [6, 6.07) is 2.44. The minimum atomic E-state index is -1.02. The number of anilines is 1. The predicted molar refractivity (Wildman–Crippen MR) is 83.7 cm³/mol. The van der Waals surface area contributed by atoms with Crippen LogP contribution in [0.15, 0.2) is 12.1 Å². The first-order chi connectivity index (χ1) is 10.8. The molecule has 2 aliphatic heterocycles. The molecule has 1 saturated heterocycles. The lowest BCUT2D eigenvalue weighted by atomic mass is 9.95. The summed E-state index contributed by atoms with van der Waals surface area (Å²) in [4.78, 5) is 25.7. The van der Waals surface area contributed by atoms with Gasteiger partial charge in [0.25, 0.3) is 5.91 Å². The van der Waals surface area contributed by atoms with Crippen LogP contribution in [0.4, 0.5) is 10.1 Å². The van der Waals surface area contributed by atoms with Crippen molar-refractivity contribution in [2.24, 2.45) is 0 Å². The van der Waals surface area contributed by atoms with Crippen molar-refractivity contribution in [1.82, 2.24) is 4.90 Å². The summed E-state index contributed by atoms with van der Waals surface area (Å²) in [5.41, 5.74) is 0.199. The van der Waals surface area contributed by atoms with Crippen LogP contribution in [0, 0.1) is 5.82 Å². The van der Waals surface area contributed by atoms with Crippen molar-refractivity contribution in [3.63, 3.8) is 0 Å². The molecule has 2 aliphatic rings. The first-order valence-electron chi connectivity index (χ1n) is 7.93. The van der Waals surface area contributed by atoms with E-state index in [0.717, 1.165) is 12.0 Å². The highest BCUT2D eigenvalue weighted by Gasteiger charge is 2.39. The zero-order chi connectivity index (χ0) is 16.8. The fraction of sp³-hybridized carbons (Fsp3) is 0.529. The Morgan fingerprint density at radius 1 is 1.39 bits per heavy atom. The summed E-state index contributed by atoms with van der Waals surface area (Å²) in [5, 5.41) is 12.9. The van der Waals surface area contributed by atoms with Gasteiger partial charge in [0.15, 0.2) is 0 Å². The second-order valence-electron chi connectivity index (χ2n) is 6.85. The third-order valence-corrected chi connectivity index (χ3v) is 4.65. The lowest BCUT2D eigenvalue weighted by Crippen LogP contribution is -2.48. The third kappa shape index (κ3) is 2.95. The van der Waals surface area contributed by atoms with Crippen LogP contribution in [-0.2, 0) is 11.2 Å². The standard InChI is InChI=1S/C17H21FN2O3/c1-17(2,23)14-4-3-7-20(14)16(22)11-8-10-5-6-15(21)19-13(10)9-12(11)18/h8-9,14,23H,3-7H2,1-2H3,(H,19,21)/t14-/m1/s1. The molecule has 0 saturated carbocycles. The number of halogens is 1. The molecule has 0 aliphatic carbocycles. The average Bonchev–Trinajstić information content (AvgIpc) is 2.95. The Balaban J connectivity index is 1.92. The van der Waals surface area contributed by atoms with Crippen LogP contribution in [0.3, 0.4) is 0 Å². The number of carbonyl (C=O) groups excluding carboxylic acids is 2. The Morgan fingerprint density at radius 3 is 2.83 bits per heavy atom. The monoisotopic (exact) mass is 320 g/mol. The lowest BCUT2D eigenvalue weighted by Gasteiger charge is -2.34. The fourth-order valence-corrected chi connectivity index (χ4v) is 3.47. The van der Waals surface area contributed by atoms with Crippen molar-refractivity contribution in [3.8, 4) is 0 Å². The molecule has 2 heterocycles. The summed E-state index contributed by atoms with van der Waals surface area (Å²) < 4.78 is 14.4. The van der Waals surface area contributed by atoms with E-state index in [2.05, 4.69) is 5.32 Å². The van der Waals surface area contributed by atoms with Gasteiger partial charge >= 0.3 is 0 Å². The number of hydrogen-bond donors (Lipinski definition) is 2. The molecule has 1 atom stereocenters. The maximum absolute atomic E-state index is 14.4. The summed E-state index contributed by atoms with van der Waals surface area (Å²) in [5.74, 6) is -1.18. The summed E-state index contributed by atoms with van der Waals surface area (Å²) >= 11 is 0. The van der Waals surface area contributed by atoms with E-state index < -0.39 is 17.3 Å². The number of aryl methyl sites for hydroxylation is 1. The predicted octanol–water partition coefficient (Wildman–Crippen LogP) is 2.09. The molecule has 23 heavy (non-hydrogen) atoms. The molecule has 0 aromatic heterocycles. The van der Waals surface area contributed by atoms with E-state index in [1.807, 2.05) is 0 Å². The molecule has 6 heteroatoms. The zero-order valence-electron chi connectivity index (χ0n) is 13.4. The minimum absolute atomic E-state index is 0.0102. The molecule has 1 aromatic carbocycles. The van der Waals surface area contributed by atoms with Gasteiger partial charge < -0.3 is 15.3 Å². The number of likely N-dealkylation sites (tertiary alicyclic amines) is 1. The van der Waals surface area contributed by atoms with Crippen LogP contribution in [0.1, 0.15) is 49.0 Å². The molecule has 5 nitrogen and oxygen atoms in total. The number of amides is 2. The molecule has 2 N–H and O–H groups in total. The van der Waals surface area contributed by atoms with Gasteiger partial charge in [-0.25, -0.2) is 4.39 Å². The Bertz CT molecular complexity index is 667. The molecule has 124 valence electrons. The van der Waals surface area contributed by atoms with Gasteiger partial charge in [0.1, 0.15) is 5.82 Å². The second kappa shape index (κ2) is 5.60. The Labute approximate surface area is 134 Å². The van der Waals surface area contributed by atoms with Gasteiger partial charge in [-0.3, -0.25) is 9.59 Å². The normalized spacial score (nSPS) is 21.1. The molecule has 0 spiro atoms. The van der Waals surface area contributed by atoms with E-state index in [4.69, 9.17) is 0 Å². The molecule has 1 aromatic rings. The Hall–Kier alpha value is -1.95. The van der Waals surface area contributed by atoms with E-state index in [1.165, 1.54) is 12.1 Å². The van der Waals surface area contributed by atoms with Crippen molar-refractivity contribution < 1.29 is 19.1 Å². The van der Waals surface area contributed by atoms with Crippen molar-refractivity contribution in [1.29, 1.82) is 0 Å². The van der Waals surface area contributed by atoms with Crippen LogP contribution >= 0.6 is 0 Å². The molecular formula is C17H21FN2O3. The highest BCUT2D eigenvalue weighted by Crippen LogP contribution is 2.31. The van der Waals surface area contributed by atoms with Crippen molar-refractivity contribution in [2.45, 2.75) is 51.2 Å². The number of carbonyl (C=O) groups is 2. The maximum Gasteiger partial charge on any atom is 0.257 e. The highest BCUT2D eigenvalue weighted by atomic mass is 19.1. The number of nitrogens with zero attached hydrogens (tertiary/aromatic N) is 1. The van der Waals surface area contributed by atoms with Gasteiger partial charge in [0.2, 0.25) is 5.91 Å². The van der Waals surface area contributed by atoms with E-state index >= 15 is 0 Å². The third-order valence-electron chi connectivity index (χ3n) is 4.65. The van der Waals surface area contributed by atoms with Gasteiger partial charge in [0, 0.05) is 18.7 Å². The smallest absolute Gasteiger partial charge is 0.257 e. The number of nitrogens with one attached hydrogen (secondary N) is 1. The maximum atomic E-state index is 14.4. The Kier molecular flexibility index (Phi) is 3.88. The van der Waals surface area contributed by atoms with Gasteiger partial charge in [-0.05, 0) is 50.8 Å². The van der Waals surface area contributed by atoms with Gasteiger partial charge in [-0.15, -0.1) is 0 Å². The summed E-state index contributed by atoms with van der Waals surface area (Å²) in [7, 11) is 0. The van der Waals surface area contributed by atoms with Gasteiger partial charge in [-0.2, -0.15) is 0 Å². The topological polar surface area (TPSA) is 69.6 Å². The van der Waals surface area contributed by atoms with Crippen molar-refractivity contribution >= 4 is 17.5 Å². The van der Waals surface area contributed by atoms with Crippen LogP contribution < -0.4 is 5.32 Å². The number of hydrogen-bond acceptors (Lipinski definition) is 3. The van der Waals surface area contributed by atoms with E-state index in [1.54, 1.807) is 18.7 Å². The van der Waals surface area contributed by atoms with E-state index in [-0.39, 0.29) is 17.5 Å². The minimum Gasteiger partial charge on any atom is -0.388 e. The molecule has 3 rings (SSSR count). The number of benzene rings is 1. The van der Waals surface area contributed by atoms with E-state index in [0.29, 0.717) is 31.5 Å².